The topological polar surface area (TPSA) is 19.0 Å². The lowest BCUT2D eigenvalue weighted by atomic mass is 10.1. The van der Waals surface area contributed by atoms with E-state index < -0.39 is 0 Å². The second-order valence-electron chi connectivity index (χ2n) is 5.14. The Bertz CT molecular complexity index is 533. The summed E-state index contributed by atoms with van der Waals surface area (Å²) in [5.74, 6) is -0.164. The van der Waals surface area contributed by atoms with Gasteiger partial charge < -0.3 is 9.88 Å². The van der Waals surface area contributed by atoms with Crippen LogP contribution in [0.4, 0.5) is 4.39 Å². The zero-order valence-corrected chi connectivity index (χ0v) is 12.0. The Morgan fingerprint density at radius 1 is 1.32 bits per heavy atom. The number of hydrogen-bond acceptors (Lipinski definition) is 1. The number of nitrogens with one attached hydrogen (secondary N) is 1. The number of likely N-dealkylation sites (N-methyl/N-ethyl adjacent to an activating group) is 1. The number of aromatic amines is 1. The van der Waals surface area contributed by atoms with Crippen molar-refractivity contribution < 1.29 is 4.39 Å². The summed E-state index contributed by atoms with van der Waals surface area (Å²) in [4.78, 5) is 5.69. The predicted molar refractivity (Wildman–Crippen MR) is 79.0 cm³/mol. The predicted octanol–water partition coefficient (Wildman–Crippen LogP) is 3.97. The Balaban J connectivity index is 2.11. The number of benzene rings is 1. The van der Waals surface area contributed by atoms with Gasteiger partial charge in [0.15, 0.2) is 0 Å². The summed E-state index contributed by atoms with van der Waals surface area (Å²) >= 11 is 0. The van der Waals surface area contributed by atoms with Crippen molar-refractivity contribution in [1.29, 1.82) is 0 Å². The van der Waals surface area contributed by atoms with Gasteiger partial charge >= 0.3 is 0 Å². The molecule has 0 bridgehead atoms. The lowest BCUT2D eigenvalue weighted by molar-refractivity contribution is 0.217. The van der Waals surface area contributed by atoms with Gasteiger partial charge in [-0.15, -0.1) is 0 Å². The van der Waals surface area contributed by atoms with Gasteiger partial charge in [0.1, 0.15) is 5.82 Å². The van der Waals surface area contributed by atoms with Crippen LogP contribution in [0.5, 0.6) is 0 Å². The summed E-state index contributed by atoms with van der Waals surface area (Å²) in [6.45, 7) is 8.76. The summed E-state index contributed by atoms with van der Waals surface area (Å²) in [5, 5.41) is 1.01. The second kappa shape index (κ2) is 6.20. The van der Waals surface area contributed by atoms with Gasteiger partial charge in [0, 0.05) is 29.7 Å². The summed E-state index contributed by atoms with van der Waals surface area (Å²) in [6, 6.07) is 5.54. The third-order valence-corrected chi connectivity index (χ3v) is 4.02. The molecule has 2 aromatic rings. The highest BCUT2D eigenvalue weighted by Crippen LogP contribution is 2.20. The van der Waals surface area contributed by atoms with Gasteiger partial charge in [0.05, 0.1) is 0 Å². The number of hydrogen-bond donors (Lipinski definition) is 1. The zero-order chi connectivity index (χ0) is 13.8. The van der Waals surface area contributed by atoms with E-state index in [1.807, 2.05) is 6.20 Å². The maximum absolute atomic E-state index is 13.3. The van der Waals surface area contributed by atoms with Crippen molar-refractivity contribution in [1.82, 2.24) is 9.88 Å². The van der Waals surface area contributed by atoms with Crippen LogP contribution in [0.3, 0.4) is 0 Å². The molecule has 1 unspecified atom stereocenters. The van der Waals surface area contributed by atoms with Crippen molar-refractivity contribution in [3.05, 3.63) is 35.8 Å². The van der Waals surface area contributed by atoms with Crippen molar-refractivity contribution in [2.45, 2.75) is 39.7 Å². The van der Waals surface area contributed by atoms with Gasteiger partial charge in [0.25, 0.3) is 0 Å². The van der Waals surface area contributed by atoms with E-state index in [0.717, 1.165) is 36.8 Å². The van der Waals surface area contributed by atoms with Gasteiger partial charge in [0.2, 0.25) is 0 Å². The Morgan fingerprint density at radius 2 is 2.11 bits per heavy atom. The molecule has 0 spiro atoms. The highest BCUT2D eigenvalue weighted by molar-refractivity contribution is 5.83. The Kier molecular flexibility index (Phi) is 4.59. The minimum atomic E-state index is -0.164. The maximum Gasteiger partial charge on any atom is 0.123 e. The third-order valence-electron chi connectivity index (χ3n) is 4.02. The fraction of sp³-hybridized carbons (Fsp3) is 0.500. The van der Waals surface area contributed by atoms with E-state index in [0.29, 0.717) is 6.04 Å². The lowest BCUT2D eigenvalue weighted by Gasteiger charge is -2.26. The second-order valence-corrected chi connectivity index (χ2v) is 5.14. The van der Waals surface area contributed by atoms with E-state index in [4.69, 9.17) is 0 Å². The van der Waals surface area contributed by atoms with Crippen LogP contribution in [0.1, 0.15) is 32.8 Å². The standard InChI is InChI=1S/C16H23FN2/c1-4-12(3)19(5-2)9-8-13-11-18-16-7-6-14(17)10-15(13)16/h6-7,10-12,18H,4-5,8-9H2,1-3H3. The SMILES string of the molecule is CCC(C)N(CC)CCc1c[nH]c2ccc(F)cc12. The molecule has 1 heterocycles. The normalized spacial score (nSPS) is 13.3. The van der Waals surface area contributed by atoms with Crippen LogP contribution in [-0.2, 0) is 6.42 Å². The first-order valence-corrected chi connectivity index (χ1v) is 7.15. The summed E-state index contributed by atoms with van der Waals surface area (Å²) in [6.07, 6.45) is 4.13. The van der Waals surface area contributed by atoms with Crippen molar-refractivity contribution in [2.75, 3.05) is 13.1 Å². The monoisotopic (exact) mass is 262 g/mol. The molecule has 19 heavy (non-hydrogen) atoms. The summed E-state index contributed by atoms with van der Waals surface area (Å²) in [7, 11) is 0. The molecule has 2 nitrogen and oxygen atoms in total. The molecule has 0 aliphatic heterocycles. The van der Waals surface area contributed by atoms with E-state index in [2.05, 4.69) is 30.7 Å². The Hall–Kier alpha value is -1.35. The van der Waals surface area contributed by atoms with Gasteiger partial charge in [-0.2, -0.15) is 0 Å². The highest BCUT2D eigenvalue weighted by atomic mass is 19.1. The molecule has 0 aliphatic rings. The van der Waals surface area contributed by atoms with Crippen LogP contribution >= 0.6 is 0 Å². The van der Waals surface area contributed by atoms with Crippen LogP contribution in [0.2, 0.25) is 0 Å². The van der Waals surface area contributed by atoms with E-state index in [1.54, 1.807) is 12.1 Å². The van der Waals surface area contributed by atoms with Crippen molar-refractivity contribution in [3.8, 4) is 0 Å². The molecule has 1 aromatic carbocycles. The molecule has 2 rings (SSSR count). The number of rotatable bonds is 6. The van der Waals surface area contributed by atoms with Gasteiger partial charge in [-0.3, -0.25) is 0 Å². The lowest BCUT2D eigenvalue weighted by Crippen LogP contribution is -2.34. The zero-order valence-electron chi connectivity index (χ0n) is 12.0. The van der Waals surface area contributed by atoms with Crippen molar-refractivity contribution in [3.63, 3.8) is 0 Å². The molecule has 1 atom stereocenters. The van der Waals surface area contributed by atoms with E-state index in [9.17, 15) is 4.39 Å². The van der Waals surface area contributed by atoms with Crippen LogP contribution in [0.15, 0.2) is 24.4 Å². The molecule has 0 amide bonds. The molecular formula is C16H23FN2. The first kappa shape index (κ1) is 14.1. The molecule has 0 fully saturated rings. The molecule has 1 aromatic heterocycles. The van der Waals surface area contributed by atoms with Gasteiger partial charge in [-0.05, 0) is 50.1 Å². The Labute approximate surface area is 114 Å². The van der Waals surface area contributed by atoms with Crippen molar-refractivity contribution in [2.24, 2.45) is 0 Å². The molecular weight excluding hydrogens is 239 g/mol. The van der Waals surface area contributed by atoms with E-state index in [1.165, 1.54) is 11.6 Å². The fourth-order valence-electron chi connectivity index (χ4n) is 2.57. The molecule has 0 radical (unpaired) electrons. The number of nitrogens with zero attached hydrogens (tertiary/aromatic N) is 1. The summed E-state index contributed by atoms with van der Waals surface area (Å²) < 4.78 is 13.3. The first-order chi connectivity index (χ1) is 9.15. The smallest absolute Gasteiger partial charge is 0.123 e. The largest absolute Gasteiger partial charge is 0.361 e. The van der Waals surface area contributed by atoms with Crippen LogP contribution < -0.4 is 0 Å². The molecule has 0 saturated heterocycles. The van der Waals surface area contributed by atoms with Crippen molar-refractivity contribution >= 4 is 10.9 Å². The molecule has 0 saturated carbocycles. The fourth-order valence-corrected chi connectivity index (χ4v) is 2.57. The average Bonchev–Trinajstić information content (AvgIpc) is 2.81. The van der Waals surface area contributed by atoms with Gasteiger partial charge in [-0.25, -0.2) is 4.39 Å². The van der Waals surface area contributed by atoms with Crippen LogP contribution in [0, 0.1) is 5.82 Å². The maximum atomic E-state index is 13.3. The molecule has 1 N–H and O–H groups in total. The number of H-pyrrole nitrogens is 1. The number of halogens is 1. The number of fused-ring (bicyclic) bond motifs is 1. The van der Waals surface area contributed by atoms with Gasteiger partial charge in [-0.1, -0.05) is 13.8 Å². The molecule has 104 valence electrons. The third kappa shape index (κ3) is 3.16. The minimum Gasteiger partial charge on any atom is -0.361 e. The minimum absolute atomic E-state index is 0.164. The Morgan fingerprint density at radius 3 is 2.79 bits per heavy atom. The van der Waals surface area contributed by atoms with Crippen LogP contribution in [-0.4, -0.2) is 29.0 Å². The first-order valence-electron chi connectivity index (χ1n) is 7.15. The average molecular weight is 262 g/mol. The highest BCUT2D eigenvalue weighted by Gasteiger charge is 2.11. The van der Waals surface area contributed by atoms with E-state index >= 15 is 0 Å². The molecule has 3 heteroatoms. The quantitative estimate of drug-likeness (QED) is 0.834. The van der Waals surface area contributed by atoms with Crippen LogP contribution in [0.25, 0.3) is 10.9 Å². The summed E-state index contributed by atoms with van der Waals surface area (Å²) in [5.41, 5.74) is 2.22. The number of aromatic nitrogens is 1. The van der Waals surface area contributed by atoms with E-state index in [-0.39, 0.29) is 5.82 Å². The molecule has 0 aliphatic carbocycles.